The number of benzene rings is 2. The van der Waals surface area contributed by atoms with Gasteiger partial charge in [0.2, 0.25) is 0 Å². The van der Waals surface area contributed by atoms with Gasteiger partial charge in [-0.25, -0.2) is 4.79 Å². The molecule has 1 N–H and O–H groups in total. The Labute approximate surface area is 151 Å². The van der Waals surface area contributed by atoms with E-state index in [1.54, 1.807) is 24.3 Å². The molecule has 5 nitrogen and oxygen atoms in total. The van der Waals surface area contributed by atoms with E-state index < -0.39 is 11.5 Å². The van der Waals surface area contributed by atoms with Gasteiger partial charge in [0.1, 0.15) is 16.9 Å². The van der Waals surface area contributed by atoms with E-state index in [1.165, 1.54) is 0 Å². The lowest BCUT2D eigenvalue weighted by molar-refractivity contribution is 0.102. The van der Waals surface area contributed by atoms with Crippen LogP contribution < -0.4 is 15.7 Å². The summed E-state index contributed by atoms with van der Waals surface area (Å²) in [4.78, 5) is 24.8. The first-order valence-corrected chi connectivity index (χ1v) is 8.57. The monoisotopic (exact) mass is 351 g/mol. The molecule has 3 rings (SSSR count). The van der Waals surface area contributed by atoms with Crippen LogP contribution in [0.4, 0.5) is 5.69 Å². The summed E-state index contributed by atoms with van der Waals surface area (Å²) >= 11 is 0. The van der Waals surface area contributed by atoms with E-state index in [2.05, 4.69) is 5.32 Å². The minimum atomic E-state index is -0.674. The van der Waals surface area contributed by atoms with Crippen LogP contribution in [-0.2, 0) is 0 Å². The van der Waals surface area contributed by atoms with Crippen molar-refractivity contribution in [1.29, 1.82) is 0 Å². The number of amides is 1. The molecule has 1 aromatic heterocycles. The third-order valence-electron chi connectivity index (χ3n) is 4.06. The van der Waals surface area contributed by atoms with E-state index in [9.17, 15) is 9.59 Å². The summed E-state index contributed by atoms with van der Waals surface area (Å²) in [5.41, 5.74) is 2.40. The van der Waals surface area contributed by atoms with E-state index in [-0.39, 0.29) is 5.56 Å². The molecule has 0 fully saturated rings. The average Bonchev–Trinajstić information content (AvgIpc) is 2.61. The quantitative estimate of drug-likeness (QED) is 0.690. The van der Waals surface area contributed by atoms with Gasteiger partial charge in [-0.2, -0.15) is 0 Å². The second kappa shape index (κ2) is 7.44. The fourth-order valence-electron chi connectivity index (χ4n) is 2.70. The van der Waals surface area contributed by atoms with Crippen molar-refractivity contribution < 1.29 is 13.9 Å². The first-order chi connectivity index (χ1) is 12.5. The molecule has 5 heteroatoms. The van der Waals surface area contributed by atoms with Crippen molar-refractivity contribution in [2.75, 3.05) is 11.9 Å². The summed E-state index contributed by atoms with van der Waals surface area (Å²) in [7, 11) is 0. The number of carbonyl (C=O) groups is 1. The van der Waals surface area contributed by atoms with Crippen LogP contribution in [0.5, 0.6) is 5.75 Å². The smallest absolute Gasteiger partial charge is 0.349 e. The molecule has 0 bridgehead atoms. The molecule has 0 aliphatic rings. The maximum atomic E-state index is 12.5. The second-order valence-electron chi connectivity index (χ2n) is 6.27. The molecule has 3 aromatic rings. The Bertz CT molecular complexity index is 1020. The Hall–Kier alpha value is -3.08. The third-order valence-corrected chi connectivity index (χ3v) is 4.06. The molecular weight excluding hydrogens is 330 g/mol. The van der Waals surface area contributed by atoms with Gasteiger partial charge < -0.3 is 14.5 Å². The Balaban J connectivity index is 1.90. The molecule has 0 atom stereocenters. The highest BCUT2D eigenvalue weighted by Crippen LogP contribution is 2.22. The summed E-state index contributed by atoms with van der Waals surface area (Å²) in [5, 5.41) is 3.44. The molecule has 1 heterocycles. The van der Waals surface area contributed by atoms with E-state index in [1.807, 2.05) is 39.0 Å². The lowest BCUT2D eigenvalue weighted by atomic mass is 10.1. The number of hydrogen-bond acceptors (Lipinski definition) is 4. The molecule has 0 saturated heterocycles. The van der Waals surface area contributed by atoms with Crippen LogP contribution in [0, 0.1) is 13.8 Å². The van der Waals surface area contributed by atoms with Crippen LogP contribution >= 0.6 is 0 Å². The van der Waals surface area contributed by atoms with E-state index in [0.29, 0.717) is 29.0 Å². The van der Waals surface area contributed by atoms with Crippen LogP contribution in [0.3, 0.4) is 0 Å². The molecule has 0 spiro atoms. The first kappa shape index (κ1) is 17.7. The number of fused-ring (bicyclic) bond motifs is 1. The summed E-state index contributed by atoms with van der Waals surface area (Å²) in [6, 6.07) is 12.5. The predicted octanol–water partition coefficient (Wildman–Crippen LogP) is 4.45. The molecule has 26 heavy (non-hydrogen) atoms. The zero-order valence-corrected chi connectivity index (χ0v) is 15.1. The number of anilines is 1. The minimum Gasteiger partial charge on any atom is -0.493 e. The van der Waals surface area contributed by atoms with Gasteiger partial charge in [0.05, 0.1) is 6.61 Å². The van der Waals surface area contributed by atoms with Crippen LogP contribution in [0.1, 0.15) is 34.8 Å². The highest BCUT2D eigenvalue weighted by atomic mass is 16.5. The number of aryl methyl sites for hydroxylation is 2. The molecule has 0 aliphatic carbocycles. The number of carbonyl (C=O) groups excluding carboxylic acids is 1. The molecule has 0 aliphatic heterocycles. The fraction of sp³-hybridized carbons (Fsp3) is 0.238. The Morgan fingerprint density at radius 1 is 1.12 bits per heavy atom. The molecule has 0 saturated carbocycles. The van der Waals surface area contributed by atoms with Crippen LogP contribution in [0.2, 0.25) is 0 Å². The van der Waals surface area contributed by atoms with Crippen molar-refractivity contribution in [3.05, 3.63) is 69.6 Å². The maximum absolute atomic E-state index is 12.5. The van der Waals surface area contributed by atoms with Gasteiger partial charge in [-0.1, -0.05) is 24.6 Å². The standard InChI is InChI=1S/C21H21NO4/c1-4-9-25-16-7-6-15-11-17(21(24)26-19(15)12-16)20(23)22-18-8-5-13(2)10-14(18)3/h5-8,10-12H,4,9H2,1-3H3,(H,22,23). The normalized spacial score (nSPS) is 10.7. The lowest BCUT2D eigenvalue weighted by Gasteiger charge is -2.09. The van der Waals surface area contributed by atoms with Gasteiger partial charge >= 0.3 is 5.63 Å². The average molecular weight is 351 g/mol. The molecule has 0 unspecified atom stereocenters. The van der Waals surface area contributed by atoms with Crippen molar-refractivity contribution in [2.24, 2.45) is 0 Å². The van der Waals surface area contributed by atoms with Gasteiger partial charge in [0, 0.05) is 17.1 Å². The van der Waals surface area contributed by atoms with E-state index in [0.717, 1.165) is 17.5 Å². The van der Waals surface area contributed by atoms with Crippen molar-refractivity contribution in [2.45, 2.75) is 27.2 Å². The Kier molecular flexibility index (Phi) is 5.07. The zero-order valence-electron chi connectivity index (χ0n) is 15.1. The van der Waals surface area contributed by atoms with Crippen molar-refractivity contribution in [3.8, 4) is 5.75 Å². The number of rotatable bonds is 5. The number of nitrogens with one attached hydrogen (secondary N) is 1. The number of ether oxygens (including phenoxy) is 1. The van der Waals surface area contributed by atoms with Crippen molar-refractivity contribution in [1.82, 2.24) is 0 Å². The largest absolute Gasteiger partial charge is 0.493 e. The van der Waals surface area contributed by atoms with Crippen molar-refractivity contribution >= 4 is 22.6 Å². The van der Waals surface area contributed by atoms with Crippen molar-refractivity contribution in [3.63, 3.8) is 0 Å². The van der Waals surface area contributed by atoms with E-state index in [4.69, 9.17) is 9.15 Å². The van der Waals surface area contributed by atoms with Gasteiger partial charge in [-0.3, -0.25) is 4.79 Å². The molecule has 134 valence electrons. The first-order valence-electron chi connectivity index (χ1n) is 8.57. The Morgan fingerprint density at radius 2 is 1.92 bits per heavy atom. The lowest BCUT2D eigenvalue weighted by Crippen LogP contribution is -2.21. The topological polar surface area (TPSA) is 68.5 Å². The van der Waals surface area contributed by atoms with Crippen LogP contribution in [0.15, 0.2) is 51.7 Å². The maximum Gasteiger partial charge on any atom is 0.349 e. The molecular formula is C21H21NO4. The molecule has 1 amide bonds. The molecule has 2 aromatic carbocycles. The van der Waals surface area contributed by atoms with Gasteiger partial charge in [-0.15, -0.1) is 0 Å². The highest BCUT2D eigenvalue weighted by Gasteiger charge is 2.15. The third kappa shape index (κ3) is 3.77. The SMILES string of the molecule is CCCOc1ccc2cc(C(=O)Nc3ccc(C)cc3C)c(=O)oc2c1. The second-order valence-corrected chi connectivity index (χ2v) is 6.27. The Morgan fingerprint density at radius 3 is 2.65 bits per heavy atom. The van der Waals surface area contributed by atoms with Gasteiger partial charge in [0.15, 0.2) is 0 Å². The van der Waals surface area contributed by atoms with Crippen LogP contribution in [0.25, 0.3) is 11.0 Å². The minimum absolute atomic E-state index is 0.0281. The summed E-state index contributed by atoms with van der Waals surface area (Å²) in [6.07, 6.45) is 0.888. The van der Waals surface area contributed by atoms with Crippen LogP contribution in [-0.4, -0.2) is 12.5 Å². The zero-order chi connectivity index (χ0) is 18.7. The van der Waals surface area contributed by atoms with Gasteiger partial charge in [0.25, 0.3) is 5.91 Å². The molecule has 0 radical (unpaired) electrons. The highest BCUT2D eigenvalue weighted by molar-refractivity contribution is 6.05. The fourth-order valence-corrected chi connectivity index (χ4v) is 2.70. The summed E-state index contributed by atoms with van der Waals surface area (Å²) < 4.78 is 10.9. The summed E-state index contributed by atoms with van der Waals surface area (Å²) in [6.45, 7) is 6.49. The van der Waals surface area contributed by atoms with E-state index >= 15 is 0 Å². The summed E-state index contributed by atoms with van der Waals surface area (Å²) in [5.74, 6) is 0.147. The van der Waals surface area contributed by atoms with Gasteiger partial charge in [-0.05, 0) is 50.1 Å². The number of hydrogen-bond donors (Lipinski definition) is 1. The predicted molar refractivity (Wildman–Crippen MR) is 102 cm³/mol.